The van der Waals surface area contributed by atoms with Crippen molar-refractivity contribution in [1.29, 1.82) is 5.26 Å². The van der Waals surface area contributed by atoms with Gasteiger partial charge in [0.25, 0.3) is 5.56 Å². The molecule has 5 N–H and O–H groups in total. The number of H-pyrrole nitrogens is 1. The van der Waals surface area contributed by atoms with E-state index in [1.54, 1.807) is 0 Å². The zero-order chi connectivity index (χ0) is 19.9. The second-order valence-corrected chi connectivity index (χ2v) is 6.93. The molecule has 0 amide bonds. The van der Waals surface area contributed by atoms with Crippen molar-refractivity contribution < 1.29 is 0 Å². The summed E-state index contributed by atoms with van der Waals surface area (Å²) in [5.74, 6) is 6.04. The van der Waals surface area contributed by atoms with Crippen molar-refractivity contribution in [1.82, 2.24) is 9.97 Å². The van der Waals surface area contributed by atoms with E-state index in [-0.39, 0.29) is 11.4 Å². The molecule has 2 aromatic carbocycles. The first-order chi connectivity index (χ1) is 13.6. The number of benzene rings is 2. The number of rotatable bonds is 6. The number of aromatic nitrogens is 2. The number of hydrogen-bond acceptors (Lipinski definition) is 6. The maximum atomic E-state index is 12.3. The Bertz CT molecular complexity index is 1100. The van der Waals surface area contributed by atoms with Gasteiger partial charge < -0.3 is 16.6 Å². The molecule has 8 heteroatoms. The molecule has 0 aliphatic carbocycles. The summed E-state index contributed by atoms with van der Waals surface area (Å²) in [6, 6.07) is 19.1. The molecular weight excluding hydrogens is 372 g/mol. The molecule has 7 nitrogen and oxygen atoms in total. The van der Waals surface area contributed by atoms with Crippen molar-refractivity contribution in [3.63, 3.8) is 0 Å². The number of amidine groups is 1. The van der Waals surface area contributed by atoms with E-state index in [2.05, 4.69) is 15.1 Å². The van der Waals surface area contributed by atoms with Gasteiger partial charge in [-0.1, -0.05) is 60.3 Å². The Morgan fingerprint density at radius 3 is 2.64 bits per heavy atom. The van der Waals surface area contributed by atoms with Crippen LogP contribution < -0.4 is 17.1 Å². The molecule has 0 unspecified atom stereocenters. The number of thioether (sulfide) groups is 1. The maximum absolute atomic E-state index is 12.3. The van der Waals surface area contributed by atoms with Crippen LogP contribution in [0.2, 0.25) is 0 Å². The highest BCUT2D eigenvalue weighted by molar-refractivity contribution is 7.98. The first-order valence-electron chi connectivity index (χ1n) is 8.43. The van der Waals surface area contributed by atoms with E-state index in [0.29, 0.717) is 23.0 Å². The minimum atomic E-state index is -0.431. The zero-order valence-electron chi connectivity index (χ0n) is 14.9. The molecule has 0 atom stereocenters. The molecule has 0 spiro atoms. The van der Waals surface area contributed by atoms with Gasteiger partial charge in [0.1, 0.15) is 17.5 Å². The van der Waals surface area contributed by atoms with Gasteiger partial charge in [-0.05, 0) is 17.2 Å². The van der Waals surface area contributed by atoms with Gasteiger partial charge >= 0.3 is 0 Å². The summed E-state index contributed by atoms with van der Waals surface area (Å²) < 4.78 is 0. The molecule has 0 saturated heterocycles. The minimum absolute atomic E-state index is 0.0436. The van der Waals surface area contributed by atoms with Gasteiger partial charge in [-0.15, -0.1) is 0 Å². The van der Waals surface area contributed by atoms with Crippen LogP contribution in [0.4, 0.5) is 0 Å². The van der Waals surface area contributed by atoms with Crippen LogP contribution >= 0.6 is 11.8 Å². The molecule has 140 valence electrons. The number of hydrogen-bond donors (Lipinski definition) is 3. The number of aromatic amines is 1. The summed E-state index contributed by atoms with van der Waals surface area (Å²) >= 11 is 1.37. The summed E-state index contributed by atoms with van der Waals surface area (Å²) in [6.07, 6.45) is 0.417. The van der Waals surface area contributed by atoms with E-state index in [4.69, 9.17) is 11.6 Å². The third-order valence-electron chi connectivity index (χ3n) is 4.04. The first-order valence-corrected chi connectivity index (χ1v) is 9.42. The Hall–Kier alpha value is -3.57. The maximum Gasteiger partial charge on any atom is 0.269 e. The molecule has 3 rings (SSSR count). The van der Waals surface area contributed by atoms with Crippen molar-refractivity contribution in [2.24, 2.45) is 16.7 Å². The third-order valence-corrected chi connectivity index (χ3v) is 4.98. The van der Waals surface area contributed by atoms with Gasteiger partial charge in [-0.3, -0.25) is 4.79 Å². The quantitative estimate of drug-likeness (QED) is 0.147. The number of nitriles is 1. The Balaban J connectivity index is 1.83. The highest BCUT2D eigenvalue weighted by atomic mass is 32.2. The smallest absolute Gasteiger partial charge is 0.269 e. The van der Waals surface area contributed by atoms with Crippen molar-refractivity contribution in [2.75, 3.05) is 0 Å². The van der Waals surface area contributed by atoms with Crippen LogP contribution in [0, 0.1) is 11.3 Å². The topological polar surface area (TPSA) is 134 Å². The summed E-state index contributed by atoms with van der Waals surface area (Å²) in [4.78, 5) is 19.5. The average Bonchev–Trinajstić information content (AvgIpc) is 2.72. The van der Waals surface area contributed by atoms with E-state index < -0.39 is 5.56 Å². The minimum Gasteiger partial charge on any atom is -0.382 e. The molecule has 3 aromatic rings. The Morgan fingerprint density at radius 1 is 1.18 bits per heavy atom. The van der Waals surface area contributed by atoms with E-state index in [0.717, 1.165) is 16.7 Å². The van der Waals surface area contributed by atoms with E-state index in [1.807, 2.05) is 60.7 Å². The molecule has 0 aliphatic rings. The van der Waals surface area contributed by atoms with Crippen LogP contribution in [0.25, 0.3) is 0 Å². The summed E-state index contributed by atoms with van der Waals surface area (Å²) in [5, 5.41) is 13.3. The van der Waals surface area contributed by atoms with E-state index in [1.165, 1.54) is 11.8 Å². The van der Waals surface area contributed by atoms with Crippen LogP contribution in [0.15, 0.2) is 69.6 Å². The summed E-state index contributed by atoms with van der Waals surface area (Å²) in [6.45, 7) is 0. The van der Waals surface area contributed by atoms with Crippen molar-refractivity contribution in [2.45, 2.75) is 17.3 Å². The second-order valence-electron chi connectivity index (χ2n) is 5.97. The lowest BCUT2D eigenvalue weighted by atomic mass is 10.1. The summed E-state index contributed by atoms with van der Waals surface area (Å²) in [7, 11) is 0. The molecular formula is C20H18N6OS. The standard InChI is InChI=1S/C20H18N6OS/c21-11-16-17(10-13-5-2-1-3-6-13)24-20(25-19(16)27)28-12-14-7-4-8-15(9-14)18(22)26-23/h1-9H,10,12,23H2,(H2,22,26)(H,24,25,27). The Morgan fingerprint density at radius 2 is 1.93 bits per heavy atom. The zero-order valence-corrected chi connectivity index (χ0v) is 15.7. The molecule has 0 aliphatic heterocycles. The Labute approximate surface area is 166 Å². The third kappa shape index (κ3) is 4.58. The van der Waals surface area contributed by atoms with E-state index in [9.17, 15) is 10.1 Å². The molecule has 0 saturated carbocycles. The first kappa shape index (κ1) is 19.2. The lowest BCUT2D eigenvalue weighted by molar-refractivity contribution is 0.870. The van der Waals surface area contributed by atoms with E-state index >= 15 is 0 Å². The van der Waals surface area contributed by atoms with Gasteiger partial charge in [0, 0.05) is 17.7 Å². The fourth-order valence-electron chi connectivity index (χ4n) is 2.64. The predicted octanol–water partition coefficient (Wildman–Crippen LogP) is 2.10. The van der Waals surface area contributed by atoms with Crippen LogP contribution in [0.5, 0.6) is 0 Å². The van der Waals surface area contributed by atoms with Gasteiger partial charge in [0.15, 0.2) is 5.16 Å². The van der Waals surface area contributed by atoms with Gasteiger partial charge in [0.2, 0.25) is 0 Å². The molecule has 1 heterocycles. The highest BCUT2D eigenvalue weighted by Gasteiger charge is 2.12. The van der Waals surface area contributed by atoms with Gasteiger partial charge in [-0.25, -0.2) is 4.98 Å². The molecule has 0 bridgehead atoms. The fourth-order valence-corrected chi connectivity index (χ4v) is 3.47. The van der Waals surface area contributed by atoms with Crippen molar-refractivity contribution in [3.05, 3.63) is 92.9 Å². The van der Waals surface area contributed by atoms with Crippen LogP contribution in [0.3, 0.4) is 0 Å². The van der Waals surface area contributed by atoms with Crippen molar-refractivity contribution in [3.8, 4) is 6.07 Å². The Kier molecular flexibility index (Phi) is 6.09. The number of hydrazone groups is 1. The van der Waals surface area contributed by atoms with Gasteiger partial charge in [-0.2, -0.15) is 10.4 Å². The lowest BCUT2D eigenvalue weighted by Gasteiger charge is -2.07. The number of nitrogens with two attached hydrogens (primary N) is 2. The lowest BCUT2D eigenvalue weighted by Crippen LogP contribution is -2.17. The summed E-state index contributed by atoms with van der Waals surface area (Å²) in [5.41, 5.74) is 8.51. The molecule has 0 radical (unpaired) electrons. The highest BCUT2D eigenvalue weighted by Crippen LogP contribution is 2.20. The SMILES string of the molecule is N#Cc1c(Cc2ccccc2)nc(SCc2cccc(/C(N)=N/N)c2)[nH]c1=O. The fraction of sp³-hybridized carbons (Fsp3) is 0.100. The molecule has 1 aromatic heterocycles. The molecule has 28 heavy (non-hydrogen) atoms. The van der Waals surface area contributed by atoms with Crippen LogP contribution in [-0.4, -0.2) is 15.8 Å². The van der Waals surface area contributed by atoms with Crippen LogP contribution in [-0.2, 0) is 12.2 Å². The second kappa shape index (κ2) is 8.88. The number of nitrogens with one attached hydrogen (secondary N) is 1. The van der Waals surface area contributed by atoms with Gasteiger partial charge in [0.05, 0.1) is 5.69 Å². The normalized spacial score (nSPS) is 11.2. The number of nitrogens with zero attached hydrogens (tertiary/aromatic N) is 3. The monoisotopic (exact) mass is 390 g/mol. The van der Waals surface area contributed by atoms with Crippen molar-refractivity contribution >= 4 is 17.6 Å². The van der Waals surface area contributed by atoms with Crippen LogP contribution in [0.1, 0.15) is 27.9 Å². The average molecular weight is 390 g/mol. The molecule has 0 fully saturated rings. The predicted molar refractivity (Wildman–Crippen MR) is 110 cm³/mol. The largest absolute Gasteiger partial charge is 0.382 e.